The molecule has 184 valence electrons. The molecule has 1 fully saturated rings. The Labute approximate surface area is 203 Å². The first-order valence-electron chi connectivity index (χ1n) is 11.9. The van der Waals surface area contributed by atoms with Gasteiger partial charge in [-0.25, -0.2) is 14.8 Å². The summed E-state index contributed by atoms with van der Waals surface area (Å²) in [5.74, 6) is 0.00688. The van der Waals surface area contributed by atoms with Crippen molar-refractivity contribution < 1.29 is 14.3 Å². The number of amides is 2. The molecule has 0 bridgehead atoms. The topological polar surface area (TPSA) is 110 Å². The van der Waals surface area contributed by atoms with Gasteiger partial charge in [-0.3, -0.25) is 14.2 Å². The van der Waals surface area contributed by atoms with Crippen molar-refractivity contribution in [3.05, 3.63) is 64.6 Å². The number of pyridine rings is 1. The van der Waals surface area contributed by atoms with E-state index < -0.39 is 6.04 Å². The van der Waals surface area contributed by atoms with Crippen molar-refractivity contribution >= 4 is 29.0 Å². The van der Waals surface area contributed by atoms with Gasteiger partial charge in [0.1, 0.15) is 5.52 Å². The number of urea groups is 1. The number of carbonyl (C=O) groups is 2. The summed E-state index contributed by atoms with van der Waals surface area (Å²) in [4.78, 5) is 50.7. The van der Waals surface area contributed by atoms with Crippen LogP contribution in [0.5, 0.6) is 0 Å². The van der Waals surface area contributed by atoms with Gasteiger partial charge in [-0.15, -0.1) is 0 Å². The molecule has 10 heteroatoms. The van der Waals surface area contributed by atoms with Crippen molar-refractivity contribution in [2.45, 2.75) is 32.9 Å². The molecule has 4 rings (SSSR count). The normalized spacial score (nSPS) is 14.6. The molecule has 10 nitrogen and oxygen atoms in total. The average molecular weight is 479 g/mol. The number of piperazine rings is 1. The standard InChI is InChI=1S/C25H30N6O4/c1-3-31-22-19(11-8-12-26-22)27-23(24(31)33)29-13-15-30(16-14-29)25(34)28-20(17-21(32)35-4-2)18-9-6-5-7-10-18/h5-12,20H,3-4,13-17H2,1-2H3,(H,28,34)/t20-/m0/s1. The third kappa shape index (κ3) is 5.42. The molecular weight excluding hydrogens is 448 g/mol. The minimum absolute atomic E-state index is 0.0508. The van der Waals surface area contributed by atoms with Gasteiger partial charge in [-0.2, -0.15) is 0 Å². The van der Waals surface area contributed by atoms with E-state index in [-0.39, 0.29) is 30.6 Å². The SMILES string of the molecule is CCOC(=O)C[C@H](NC(=O)N1CCN(c2nc3cccnc3n(CC)c2=O)CC1)c1ccccc1. The zero-order chi connectivity index (χ0) is 24.8. The van der Waals surface area contributed by atoms with Gasteiger partial charge in [-0.05, 0) is 31.5 Å². The molecule has 1 saturated heterocycles. The highest BCUT2D eigenvalue weighted by atomic mass is 16.5. The maximum atomic E-state index is 13.1. The van der Waals surface area contributed by atoms with E-state index in [1.54, 1.807) is 28.7 Å². The minimum Gasteiger partial charge on any atom is -0.466 e. The Balaban J connectivity index is 1.45. The van der Waals surface area contributed by atoms with Crippen molar-refractivity contribution in [2.24, 2.45) is 0 Å². The highest BCUT2D eigenvalue weighted by Gasteiger charge is 2.27. The third-order valence-corrected chi connectivity index (χ3v) is 6.04. The molecule has 1 aromatic carbocycles. The molecule has 1 aliphatic heterocycles. The lowest BCUT2D eigenvalue weighted by Crippen LogP contribution is -2.53. The Morgan fingerprint density at radius 1 is 1.06 bits per heavy atom. The van der Waals surface area contributed by atoms with E-state index in [9.17, 15) is 14.4 Å². The maximum absolute atomic E-state index is 13.1. The van der Waals surface area contributed by atoms with Gasteiger partial charge in [0.2, 0.25) is 0 Å². The van der Waals surface area contributed by atoms with E-state index in [4.69, 9.17) is 4.74 Å². The molecule has 0 spiro atoms. The Hall–Kier alpha value is -3.95. The van der Waals surface area contributed by atoms with Gasteiger partial charge < -0.3 is 19.9 Å². The molecule has 0 radical (unpaired) electrons. The van der Waals surface area contributed by atoms with E-state index in [0.717, 1.165) is 5.56 Å². The lowest BCUT2D eigenvalue weighted by atomic mass is 10.0. The van der Waals surface area contributed by atoms with Crippen LogP contribution < -0.4 is 15.8 Å². The number of hydrogen-bond donors (Lipinski definition) is 1. The van der Waals surface area contributed by atoms with Crippen LogP contribution in [0.2, 0.25) is 0 Å². The largest absolute Gasteiger partial charge is 0.466 e. The molecule has 2 amide bonds. The van der Waals surface area contributed by atoms with Crippen LogP contribution in [-0.4, -0.2) is 64.2 Å². The van der Waals surface area contributed by atoms with Crippen molar-refractivity contribution in [2.75, 3.05) is 37.7 Å². The quantitative estimate of drug-likeness (QED) is 0.519. The number of benzene rings is 1. The molecule has 1 aliphatic rings. The second-order valence-corrected chi connectivity index (χ2v) is 8.23. The monoisotopic (exact) mass is 478 g/mol. The smallest absolute Gasteiger partial charge is 0.318 e. The van der Waals surface area contributed by atoms with Gasteiger partial charge in [-0.1, -0.05) is 30.3 Å². The van der Waals surface area contributed by atoms with Gasteiger partial charge in [0.05, 0.1) is 19.1 Å². The second kappa shape index (κ2) is 11.0. The number of fused-ring (bicyclic) bond motifs is 1. The summed E-state index contributed by atoms with van der Waals surface area (Å²) < 4.78 is 6.71. The molecule has 0 saturated carbocycles. The number of esters is 1. The van der Waals surface area contributed by atoms with E-state index in [1.165, 1.54) is 0 Å². The van der Waals surface area contributed by atoms with Gasteiger partial charge in [0, 0.05) is 38.9 Å². The van der Waals surface area contributed by atoms with Crippen molar-refractivity contribution in [1.29, 1.82) is 0 Å². The van der Waals surface area contributed by atoms with E-state index in [1.807, 2.05) is 48.2 Å². The molecule has 0 unspecified atom stereocenters. The first-order valence-corrected chi connectivity index (χ1v) is 11.9. The summed E-state index contributed by atoms with van der Waals surface area (Å²) in [5, 5.41) is 2.98. The van der Waals surface area contributed by atoms with E-state index in [0.29, 0.717) is 49.7 Å². The molecule has 3 heterocycles. The molecule has 3 aromatic rings. The van der Waals surface area contributed by atoms with Crippen LogP contribution in [-0.2, 0) is 16.1 Å². The number of rotatable bonds is 7. The number of aryl methyl sites for hydroxylation is 1. The molecule has 0 aliphatic carbocycles. The van der Waals surface area contributed by atoms with Crippen molar-refractivity contribution in [3.63, 3.8) is 0 Å². The number of aromatic nitrogens is 3. The van der Waals surface area contributed by atoms with E-state index >= 15 is 0 Å². The number of nitrogens with one attached hydrogen (secondary N) is 1. The second-order valence-electron chi connectivity index (χ2n) is 8.23. The van der Waals surface area contributed by atoms with Gasteiger partial charge in [0.25, 0.3) is 5.56 Å². The highest BCUT2D eigenvalue weighted by Crippen LogP contribution is 2.19. The third-order valence-electron chi connectivity index (χ3n) is 6.04. The van der Waals surface area contributed by atoms with E-state index in [2.05, 4.69) is 15.3 Å². The maximum Gasteiger partial charge on any atom is 0.318 e. The van der Waals surface area contributed by atoms with Crippen LogP contribution in [0.25, 0.3) is 11.2 Å². The van der Waals surface area contributed by atoms with Gasteiger partial charge >= 0.3 is 12.0 Å². The molecule has 35 heavy (non-hydrogen) atoms. The van der Waals surface area contributed by atoms with Gasteiger partial charge in [0.15, 0.2) is 11.5 Å². The Morgan fingerprint density at radius 2 is 1.80 bits per heavy atom. The molecule has 2 aromatic heterocycles. The first-order chi connectivity index (χ1) is 17.0. The molecule has 1 N–H and O–H groups in total. The van der Waals surface area contributed by atoms with Crippen LogP contribution in [0.1, 0.15) is 31.9 Å². The number of ether oxygens (including phenoxy) is 1. The fraction of sp³-hybridized carbons (Fsp3) is 0.400. The van der Waals surface area contributed by atoms with Crippen molar-refractivity contribution in [3.8, 4) is 0 Å². The lowest BCUT2D eigenvalue weighted by Gasteiger charge is -2.36. The lowest BCUT2D eigenvalue weighted by molar-refractivity contribution is -0.143. The summed E-state index contributed by atoms with van der Waals surface area (Å²) in [6.07, 6.45) is 1.70. The summed E-state index contributed by atoms with van der Waals surface area (Å²) in [6.45, 7) is 6.22. The summed E-state index contributed by atoms with van der Waals surface area (Å²) in [6, 6.07) is 12.3. The number of anilines is 1. The Kier molecular flexibility index (Phi) is 7.59. The van der Waals surface area contributed by atoms with Crippen LogP contribution in [0.3, 0.4) is 0 Å². The molecule has 1 atom stereocenters. The van der Waals surface area contributed by atoms with Crippen LogP contribution in [0.4, 0.5) is 10.6 Å². The van der Waals surface area contributed by atoms with Crippen LogP contribution in [0, 0.1) is 0 Å². The number of nitrogens with zero attached hydrogens (tertiary/aromatic N) is 5. The minimum atomic E-state index is -0.493. The summed E-state index contributed by atoms with van der Waals surface area (Å²) >= 11 is 0. The highest BCUT2D eigenvalue weighted by molar-refractivity contribution is 5.77. The number of hydrogen-bond acceptors (Lipinski definition) is 7. The Morgan fingerprint density at radius 3 is 2.49 bits per heavy atom. The van der Waals surface area contributed by atoms with Crippen LogP contribution in [0.15, 0.2) is 53.5 Å². The number of carbonyl (C=O) groups excluding carboxylic acids is 2. The zero-order valence-corrected chi connectivity index (χ0v) is 20.0. The molecular formula is C25H30N6O4. The van der Waals surface area contributed by atoms with Crippen LogP contribution >= 0.6 is 0 Å². The average Bonchev–Trinajstić information content (AvgIpc) is 2.88. The zero-order valence-electron chi connectivity index (χ0n) is 20.0. The summed E-state index contributed by atoms with van der Waals surface area (Å²) in [5.41, 5.74) is 1.88. The summed E-state index contributed by atoms with van der Waals surface area (Å²) in [7, 11) is 0. The fourth-order valence-corrected chi connectivity index (χ4v) is 4.25. The predicted octanol–water partition coefficient (Wildman–Crippen LogP) is 2.34. The fourth-order valence-electron chi connectivity index (χ4n) is 4.25. The van der Waals surface area contributed by atoms with Crippen molar-refractivity contribution in [1.82, 2.24) is 24.8 Å². The first kappa shape index (κ1) is 24.2. The predicted molar refractivity (Wildman–Crippen MR) is 132 cm³/mol. The Bertz CT molecular complexity index is 1240.